The number of rotatable bonds is 7. The van der Waals surface area contributed by atoms with E-state index in [1.807, 2.05) is 13.8 Å². The fraction of sp³-hybridized carbons (Fsp3) is 0.800. The lowest BCUT2D eigenvalue weighted by Crippen LogP contribution is -2.21. The molecule has 0 heterocycles. The van der Waals surface area contributed by atoms with Gasteiger partial charge in [-0.3, -0.25) is 0 Å². The van der Waals surface area contributed by atoms with Gasteiger partial charge in [-0.15, -0.1) is 0 Å². The third-order valence-corrected chi connectivity index (χ3v) is 4.01. The van der Waals surface area contributed by atoms with Crippen LogP contribution in [0.5, 0.6) is 0 Å². The number of hydrogen-bond donors (Lipinski definition) is 0. The normalized spacial score (nSPS) is 10.5. The van der Waals surface area contributed by atoms with Crippen LogP contribution in [0.3, 0.4) is 0 Å². The highest BCUT2D eigenvalue weighted by Crippen LogP contribution is 2.07. The molecule has 0 saturated heterocycles. The molecule has 0 aromatic heterocycles. The van der Waals surface area contributed by atoms with E-state index in [4.69, 9.17) is 8.85 Å². The van der Waals surface area contributed by atoms with E-state index in [1.165, 1.54) is 5.57 Å². The Hall–Kier alpha value is -0.123. The van der Waals surface area contributed by atoms with Crippen molar-refractivity contribution in [2.24, 2.45) is 0 Å². The monoisotopic (exact) mass is 202 g/mol. The molecule has 0 bridgehead atoms. The fourth-order valence-electron chi connectivity index (χ4n) is 1.15. The molecule has 0 fully saturated rings. The quantitative estimate of drug-likeness (QED) is 0.591. The summed E-state index contributed by atoms with van der Waals surface area (Å²) < 4.78 is 11.1. The lowest BCUT2D eigenvalue weighted by atomic mass is 10.2. The second kappa shape index (κ2) is 8.47. The van der Waals surface area contributed by atoms with Gasteiger partial charge in [-0.1, -0.05) is 19.4 Å². The van der Waals surface area contributed by atoms with E-state index in [0.29, 0.717) is 0 Å². The van der Waals surface area contributed by atoms with Crippen LogP contribution < -0.4 is 0 Å². The SMILES string of the molecule is CCO[SiH](C=C(CC)CC)OCC. The van der Waals surface area contributed by atoms with Crippen molar-refractivity contribution in [1.29, 1.82) is 0 Å². The average Bonchev–Trinajstić information content (AvgIpc) is 2.14. The maximum absolute atomic E-state index is 5.56. The zero-order valence-electron chi connectivity index (χ0n) is 9.30. The van der Waals surface area contributed by atoms with Crippen molar-refractivity contribution in [1.82, 2.24) is 0 Å². The molecule has 0 unspecified atom stereocenters. The Morgan fingerprint density at radius 3 is 1.77 bits per heavy atom. The van der Waals surface area contributed by atoms with Crippen LogP contribution in [0.15, 0.2) is 11.3 Å². The molecular formula is C10H22O2Si. The Morgan fingerprint density at radius 2 is 1.46 bits per heavy atom. The first-order valence-electron chi connectivity index (χ1n) is 5.21. The predicted molar refractivity (Wildman–Crippen MR) is 59.1 cm³/mol. The van der Waals surface area contributed by atoms with Gasteiger partial charge in [-0.2, -0.15) is 0 Å². The van der Waals surface area contributed by atoms with Crippen molar-refractivity contribution in [2.75, 3.05) is 13.2 Å². The highest BCUT2D eigenvalue weighted by atomic mass is 28.3. The molecule has 0 radical (unpaired) electrons. The third kappa shape index (κ3) is 6.02. The van der Waals surface area contributed by atoms with Crippen LogP contribution in [-0.4, -0.2) is 22.5 Å². The van der Waals surface area contributed by atoms with Gasteiger partial charge in [0, 0.05) is 13.2 Å². The summed E-state index contributed by atoms with van der Waals surface area (Å²) in [4.78, 5) is 0. The van der Waals surface area contributed by atoms with E-state index in [0.717, 1.165) is 26.1 Å². The van der Waals surface area contributed by atoms with Crippen molar-refractivity contribution in [3.8, 4) is 0 Å². The highest BCUT2D eigenvalue weighted by Gasteiger charge is 2.08. The second-order valence-electron chi connectivity index (χ2n) is 2.81. The smallest absolute Gasteiger partial charge is 0.348 e. The van der Waals surface area contributed by atoms with Gasteiger partial charge < -0.3 is 8.85 Å². The van der Waals surface area contributed by atoms with E-state index >= 15 is 0 Å². The molecule has 0 rings (SSSR count). The molecule has 0 amide bonds. The van der Waals surface area contributed by atoms with Gasteiger partial charge in [0.15, 0.2) is 0 Å². The van der Waals surface area contributed by atoms with Gasteiger partial charge in [0.2, 0.25) is 0 Å². The maximum Gasteiger partial charge on any atom is 0.348 e. The summed E-state index contributed by atoms with van der Waals surface area (Å²) in [6.07, 6.45) is 2.22. The summed E-state index contributed by atoms with van der Waals surface area (Å²) in [6.45, 7) is 9.91. The van der Waals surface area contributed by atoms with Gasteiger partial charge in [0.1, 0.15) is 0 Å². The first-order valence-corrected chi connectivity index (χ1v) is 6.82. The Labute approximate surface area is 83.8 Å². The zero-order chi connectivity index (χ0) is 10.1. The molecule has 0 atom stereocenters. The van der Waals surface area contributed by atoms with Crippen molar-refractivity contribution >= 4 is 9.28 Å². The first kappa shape index (κ1) is 12.9. The van der Waals surface area contributed by atoms with E-state index in [2.05, 4.69) is 19.5 Å². The Kier molecular flexibility index (Phi) is 8.39. The summed E-state index contributed by atoms with van der Waals surface area (Å²) >= 11 is 0. The summed E-state index contributed by atoms with van der Waals surface area (Å²) in [5, 5.41) is 0. The van der Waals surface area contributed by atoms with Crippen LogP contribution >= 0.6 is 0 Å². The van der Waals surface area contributed by atoms with Crippen molar-refractivity contribution in [3.63, 3.8) is 0 Å². The molecule has 0 saturated carbocycles. The Balaban J connectivity index is 4.09. The maximum atomic E-state index is 5.56. The summed E-state index contributed by atoms with van der Waals surface area (Å²) in [5.74, 6) is 0. The number of hydrogen-bond acceptors (Lipinski definition) is 2. The van der Waals surface area contributed by atoms with E-state index < -0.39 is 9.28 Å². The highest BCUT2D eigenvalue weighted by molar-refractivity contribution is 6.50. The van der Waals surface area contributed by atoms with Gasteiger partial charge in [0.25, 0.3) is 0 Å². The zero-order valence-corrected chi connectivity index (χ0v) is 10.5. The Bertz CT molecular complexity index is 134. The Morgan fingerprint density at radius 1 is 1.00 bits per heavy atom. The predicted octanol–water partition coefficient (Wildman–Crippen LogP) is 2.57. The van der Waals surface area contributed by atoms with Gasteiger partial charge in [0.05, 0.1) is 0 Å². The molecule has 2 nitrogen and oxygen atoms in total. The minimum atomic E-state index is -1.49. The van der Waals surface area contributed by atoms with E-state index in [9.17, 15) is 0 Å². The molecule has 0 aliphatic rings. The average molecular weight is 202 g/mol. The fourth-order valence-corrected chi connectivity index (χ4v) is 2.95. The summed E-state index contributed by atoms with van der Waals surface area (Å²) in [5.41, 5.74) is 3.69. The molecule has 0 aliphatic heterocycles. The van der Waals surface area contributed by atoms with E-state index in [-0.39, 0.29) is 0 Å². The number of allylic oxidation sites excluding steroid dienone is 1. The summed E-state index contributed by atoms with van der Waals surface area (Å²) in [6, 6.07) is 0. The van der Waals surface area contributed by atoms with Gasteiger partial charge >= 0.3 is 9.28 Å². The molecule has 3 heteroatoms. The molecule has 0 aliphatic carbocycles. The van der Waals surface area contributed by atoms with Crippen molar-refractivity contribution < 1.29 is 8.85 Å². The molecule has 13 heavy (non-hydrogen) atoms. The lowest BCUT2D eigenvalue weighted by molar-refractivity contribution is 0.224. The standard InChI is InChI=1S/C10H22O2Si/c1-5-10(6-2)9-13(11-7-3)12-8-4/h9,13H,5-8H2,1-4H3. The molecule has 78 valence electrons. The molecule has 0 aromatic rings. The van der Waals surface area contributed by atoms with E-state index in [1.54, 1.807) is 0 Å². The lowest BCUT2D eigenvalue weighted by Gasteiger charge is -2.12. The topological polar surface area (TPSA) is 18.5 Å². The molecule has 0 N–H and O–H groups in total. The first-order chi connectivity index (χ1) is 6.28. The minimum absolute atomic E-state index is 0.758. The van der Waals surface area contributed by atoms with Gasteiger partial charge in [-0.25, -0.2) is 0 Å². The van der Waals surface area contributed by atoms with Crippen LogP contribution in [0.4, 0.5) is 0 Å². The van der Waals surface area contributed by atoms with Crippen LogP contribution in [-0.2, 0) is 8.85 Å². The summed E-state index contributed by atoms with van der Waals surface area (Å²) in [7, 11) is -1.49. The van der Waals surface area contributed by atoms with Crippen LogP contribution in [0.25, 0.3) is 0 Å². The second-order valence-corrected chi connectivity index (χ2v) is 4.55. The molecule has 0 aromatic carbocycles. The van der Waals surface area contributed by atoms with Crippen LogP contribution in [0, 0.1) is 0 Å². The van der Waals surface area contributed by atoms with Gasteiger partial charge in [-0.05, 0) is 32.4 Å². The van der Waals surface area contributed by atoms with Crippen LogP contribution in [0.2, 0.25) is 0 Å². The largest absolute Gasteiger partial charge is 0.394 e. The van der Waals surface area contributed by atoms with Crippen molar-refractivity contribution in [3.05, 3.63) is 11.3 Å². The minimum Gasteiger partial charge on any atom is -0.394 e. The molecule has 0 spiro atoms. The van der Waals surface area contributed by atoms with Crippen molar-refractivity contribution in [2.45, 2.75) is 40.5 Å². The van der Waals surface area contributed by atoms with Crippen LogP contribution in [0.1, 0.15) is 40.5 Å². The molecular weight excluding hydrogens is 180 g/mol. The third-order valence-electron chi connectivity index (χ3n) is 1.94.